The summed E-state index contributed by atoms with van der Waals surface area (Å²) in [5.41, 5.74) is 0. The number of unbranched alkanes of at least 4 members (excludes halogenated alkanes) is 19. The van der Waals surface area contributed by atoms with Gasteiger partial charge >= 0.3 is 17.9 Å². The van der Waals surface area contributed by atoms with E-state index < -0.39 is 6.10 Å². The van der Waals surface area contributed by atoms with E-state index in [1.54, 1.807) is 0 Å². The highest BCUT2D eigenvalue weighted by atomic mass is 16.6. The van der Waals surface area contributed by atoms with Gasteiger partial charge in [-0.3, -0.25) is 14.4 Å². The molecule has 6 heteroatoms. The Kier molecular flexibility index (Phi) is 49.0. The molecular weight excluding hydrogens is 793 g/mol. The third kappa shape index (κ3) is 49.3. The maximum atomic E-state index is 12.8. The van der Waals surface area contributed by atoms with Gasteiger partial charge in [-0.25, -0.2) is 0 Å². The Morgan fingerprint density at radius 3 is 1.05 bits per heavy atom. The lowest BCUT2D eigenvalue weighted by Gasteiger charge is -2.18. The van der Waals surface area contributed by atoms with Crippen LogP contribution >= 0.6 is 0 Å². The van der Waals surface area contributed by atoms with E-state index in [9.17, 15) is 14.4 Å². The van der Waals surface area contributed by atoms with Crippen LogP contribution in [0.3, 0.4) is 0 Å². The van der Waals surface area contributed by atoms with Crippen molar-refractivity contribution in [2.24, 2.45) is 0 Å². The van der Waals surface area contributed by atoms with Crippen LogP contribution in [-0.4, -0.2) is 37.2 Å². The second-order valence-corrected chi connectivity index (χ2v) is 17.0. The third-order valence-corrected chi connectivity index (χ3v) is 10.8. The molecule has 0 saturated carbocycles. The SMILES string of the molecule is CC/C=C/C/C=C/C/C=C/CCCCCCCCCCCC(=O)OCC(COC(=O)CC/C=C/C/C=C/CCCCCCCC)OC(=O)CCCCCC/C=C/C/C=C/C/C=C/CC. The van der Waals surface area contributed by atoms with Crippen molar-refractivity contribution in [3.63, 3.8) is 0 Å². The molecule has 0 aliphatic carbocycles. The van der Waals surface area contributed by atoms with Crippen LogP contribution < -0.4 is 0 Å². The lowest BCUT2D eigenvalue weighted by molar-refractivity contribution is -0.166. The number of rotatable bonds is 46. The first-order valence-corrected chi connectivity index (χ1v) is 26.2. The summed E-state index contributed by atoms with van der Waals surface area (Å²) >= 11 is 0. The zero-order valence-electron chi connectivity index (χ0n) is 41.5. The summed E-state index contributed by atoms with van der Waals surface area (Å²) in [4.78, 5) is 38.0. The summed E-state index contributed by atoms with van der Waals surface area (Å²) < 4.78 is 16.7. The van der Waals surface area contributed by atoms with Gasteiger partial charge in [0.25, 0.3) is 0 Å². The summed E-state index contributed by atoms with van der Waals surface area (Å²) in [7, 11) is 0. The molecule has 0 bridgehead atoms. The molecule has 64 heavy (non-hydrogen) atoms. The van der Waals surface area contributed by atoms with Crippen LogP contribution in [0.25, 0.3) is 0 Å². The Balaban J connectivity index is 4.45. The van der Waals surface area contributed by atoms with Gasteiger partial charge in [0.05, 0.1) is 0 Å². The summed E-state index contributed by atoms with van der Waals surface area (Å²) in [5, 5.41) is 0. The highest BCUT2D eigenvalue weighted by Crippen LogP contribution is 2.14. The second kappa shape index (κ2) is 52.0. The zero-order chi connectivity index (χ0) is 46.5. The lowest BCUT2D eigenvalue weighted by atomic mass is 10.1. The molecule has 0 aliphatic heterocycles. The van der Waals surface area contributed by atoms with Gasteiger partial charge in [-0.15, -0.1) is 0 Å². The molecule has 0 aliphatic rings. The molecule has 1 atom stereocenters. The van der Waals surface area contributed by atoms with Crippen molar-refractivity contribution in [2.75, 3.05) is 13.2 Å². The van der Waals surface area contributed by atoms with Crippen LogP contribution in [0, 0.1) is 0 Å². The fourth-order valence-electron chi connectivity index (χ4n) is 6.93. The van der Waals surface area contributed by atoms with Gasteiger partial charge in [-0.1, -0.05) is 208 Å². The van der Waals surface area contributed by atoms with Crippen molar-refractivity contribution in [1.82, 2.24) is 0 Å². The number of allylic oxidation sites excluding steroid dienone is 16. The molecule has 0 N–H and O–H groups in total. The first-order chi connectivity index (χ1) is 31.5. The number of hydrogen-bond donors (Lipinski definition) is 0. The predicted molar refractivity (Wildman–Crippen MR) is 274 cm³/mol. The molecule has 0 aromatic carbocycles. The molecule has 0 amide bonds. The highest BCUT2D eigenvalue weighted by molar-refractivity contribution is 5.71. The van der Waals surface area contributed by atoms with Gasteiger partial charge in [0.1, 0.15) is 13.2 Å². The summed E-state index contributed by atoms with van der Waals surface area (Å²) in [6, 6.07) is 0. The van der Waals surface area contributed by atoms with Crippen LogP contribution in [0.15, 0.2) is 97.2 Å². The number of ether oxygens (including phenoxy) is 3. The van der Waals surface area contributed by atoms with Crippen molar-refractivity contribution in [3.8, 4) is 0 Å². The van der Waals surface area contributed by atoms with Gasteiger partial charge in [0.2, 0.25) is 0 Å². The largest absolute Gasteiger partial charge is 0.462 e. The molecular formula is C58H96O6. The van der Waals surface area contributed by atoms with Crippen LogP contribution in [-0.2, 0) is 28.6 Å². The minimum Gasteiger partial charge on any atom is -0.462 e. The number of esters is 3. The number of hydrogen-bond acceptors (Lipinski definition) is 6. The van der Waals surface area contributed by atoms with E-state index in [1.165, 1.54) is 83.5 Å². The second-order valence-electron chi connectivity index (χ2n) is 17.0. The van der Waals surface area contributed by atoms with Gasteiger partial charge in [-0.05, 0) is 103 Å². The molecule has 0 radical (unpaired) electrons. The van der Waals surface area contributed by atoms with E-state index in [0.29, 0.717) is 12.8 Å². The zero-order valence-corrected chi connectivity index (χ0v) is 41.5. The van der Waals surface area contributed by atoms with E-state index in [-0.39, 0.29) is 44.0 Å². The van der Waals surface area contributed by atoms with Crippen LogP contribution in [0.4, 0.5) is 0 Å². The van der Waals surface area contributed by atoms with Crippen molar-refractivity contribution in [3.05, 3.63) is 97.2 Å². The molecule has 6 nitrogen and oxygen atoms in total. The molecule has 0 aromatic rings. The molecule has 0 spiro atoms. The van der Waals surface area contributed by atoms with Crippen LogP contribution in [0.5, 0.6) is 0 Å². The van der Waals surface area contributed by atoms with Gasteiger partial charge < -0.3 is 14.2 Å². The smallest absolute Gasteiger partial charge is 0.306 e. The maximum Gasteiger partial charge on any atom is 0.306 e. The summed E-state index contributed by atoms with van der Waals surface area (Å²) in [5.74, 6) is -1.01. The van der Waals surface area contributed by atoms with E-state index in [2.05, 4.69) is 112 Å². The Hall–Kier alpha value is -3.67. The minimum atomic E-state index is -0.814. The molecule has 364 valence electrons. The van der Waals surface area contributed by atoms with E-state index in [1.807, 2.05) is 6.08 Å². The summed E-state index contributed by atoms with van der Waals surface area (Å²) in [6.45, 7) is 6.32. The Morgan fingerprint density at radius 2 is 0.641 bits per heavy atom. The van der Waals surface area contributed by atoms with Gasteiger partial charge in [-0.2, -0.15) is 0 Å². The Bertz CT molecular complexity index is 1300. The van der Waals surface area contributed by atoms with E-state index >= 15 is 0 Å². The van der Waals surface area contributed by atoms with E-state index in [0.717, 1.165) is 103 Å². The molecule has 0 heterocycles. The standard InChI is InChI=1S/C58H96O6/c1-4-7-10-13-16-19-22-25-27-28-29-30-31-34-36-39-42-45-48-51-57(60)63-54-55(53-62-56(59)50-47-44-41-38-35-32-24-21-18-15-12-9-6-3)64-58(61)52-49-46-43-40-37-33-26-23-20-17-14-11-8-5-2/h7-8,10-11,16-17,19-20,25-27,32-33,35,41,44,55H,4-6,9,12-15,18,21-24,28-31,34,36-40,42-43,45-54H2,1-3H3/b10-7+,11-8+,19-16+,20-17+,27-25+,33-26+,35-32+,44-41+. The Labute approximate surface area is 394 Å². The van der Waals surface area contributed by atoms with Crippen LogP contribution in [0.2, 0.25) is 0 Å². The maximum absolute atomic E-state index is 12.8. The average molecular weight is 889 g/mol. The van der Waals surface area contributed by atoms with Crippen molar-refractivity contribution >= 4 is 17.9 Å². The number of carbonyl (C=O) groups is 3. The fraction of sp³-hybridized carbons (Fsp3) is 0.672. The normalized spacial score (nSPS) is 12.9. The molecule has 1 unspecified atom stereocenters. The summed E-state index contributed by atoms with van der Waals surface area (Å²) in [6.07, 6.45) is 68.3. The first-order valence-electron chi connectivity index (χ1n) is 26.2. The topological polar surface area (TPSA) is 78.9 Å². The quantitative estimate of drug-likeness (QED) is 0.0262. The lowest BCUT2D eigenvalue weighted by Crippen LogP contribution is -2.30. The van der Waals surface area contributed by atoms with Crippen molar-refractivity contribution in [1.29, 1.82) is 0 Å². The first kappa shape index (κ1) is 60.3. The number of carbonyl (C=O) groups excluding carboxylic acids is 3. The Morgan fingerprint density at radius 1 is 0.328 bits per heavy atom. The highest BCUT2D eigenvalue weighted by Gasteiger charge is 2.19. The van der Waals surface area contributed by atoms with E-state index in [4.69, 9.17) is 14.2 Å². The molecule has 0 fully saturated rings. The fourth-order valence-corrected chi connectivity index (χ4v) is 6.93. The average Bonchev–Trinajstić information content (AvgIpc) is 3.29. The monoisotopic (exact) mass is 889 g/mol. The van der Waals surface area contributed by atoms with Gasteiger partial charge in [0.15, 0.2) is 6.10 Å². The minimum absolute atomic E-state index is 0.108. The molecule has 0 rings (SSSR count). The molecule has 0 saturated heterocycles. The van der Waals surface area contributed by atoms with Gasteiger partial charge in [0, 0.05) is 19.3 Å². The van der Waals surface area contributed by atoms with Crippen molar-refractivity contribution < 1.29 is 28.6 Å². The van der Waals surface area contributed by atoms with Crippen molar-refractivity contribution in [2.45, 2.75) is 239 Å². The third-order valence-electron chi connectivity index (χ3n) is 10.8. The predicted octanol–water partition coefficient (Wildman–Crippen LogP) is 17.4. The molecule has 0 aromatic heterocycles. The van der Waals surface area contributed by atoms with Crippen LogP contribution in [0.1, 0.15) is 233 Å².